The Labute approximate surface area is 127 Å². The Balaban J connectivity index is 1.94. The zero-order valence-corrected chi connectivity index (χ0v) is 12.8. The Morgan fingerprint density at radius 3 is 3.00 bits per heavy atom. The monoisotopic (exact) mass is 307 g/mol. The molecule has 2 aromatic rings. The van der Waals surface area contributed by atoms with Crippen molar-refractivity contribution in [3.63, 3.8) is 0 Å². The summed E-state index contributed by atoms with van der Waals surface area (Å²) in [6.07, 6.45) is 2.02. The van der Waals surface area contributed by atoms with E-state index < -0.39 is 6.10 Å². The van der Waals surface area contributed by atoms with Gasteiger partial charge in [-0.05, 0) is 37.5 Å². The Hall–Kier alpha value is -1.73. The van der Waals surface area contributed by atoms with E-state index in [4.69, 9.17) is 9.47 Å². The fraction of sp³-hybridized carbons (Fsp3) is 0.429. The molecule has 3 rings (SSSR count). The molecule has 0 amide bonds. The highest BCUT2D eigenvalue weighted by Crippen LogP contribution is 2.34. The maximum Gasteiger partial charge on any atom is 0.231 e. The van der Waals surface area contributed by atoms with Gasteiger partial charge in [0.2, 0.25) is 6.79 Å². The summed E-state index contributed by atoms with van der Waals surface area (Å²) < 4.78 is 12.4. The van der Waals surface area contributed by atoms with Gasteiger partial charge in [-0.25, -0.2) is 9.67 Å². The van der Waals surface area contributed by atoms with E-state index in [2.05, 4.69) is 10.1 Å². The lowest BCUT2D eigenvalue weighted by molar-refractivity contribution is 0.162. The summed E-state index contributed by atoms with van der Waals surface area (Å²) in [5.74, 6) is 3.46. The molecule has 6 nitrogen and oxygen atoms in total. The molecular formula is C14H17N3O3S. The summed E-state index contributed by atoms with van der Waals surface area (Å²) in [6, 6.07) is 5.57. The fourth-order valence-corrected chi connectivity index (χ4v) is 2.67. The van der Waals surface area contributed by atoms with E-state index in [-0.39, 0.29) is 6.79 Å². The maximum absolute atomic E-state index is 10.3. The average Bonchev–Trinajstić information content (AvgIpc) is 3.09. The number of hydrogen-bond donors (Lipinski definition) is 1. The molecule has 1 aliphatic heterocycles. The number of aliphatic hydroxyl groups excluding tert-OH is 1. The van der Waals surface area contributed by atoms with Gasteiger partial charge in [0.15, 0.2) is 17.3 Å². The number of aryl methyl sites for hydroxylation is 1. The molecule has 1 N–H and O–H groups in total. The first kappa shape index (κ1) is 14.2. The molecule has 0 saturated carbocycles. The van der Waals surface area contributed by atoms with Gasteiger partial charge in [-0.15, -0.1) is 0 Å². The van der Waals surface area contributed by atoms with Crippen molar-refractivity contribution in [2.75, 3.05) is 18.8 Å². The minimum Gasteiger partial charge on any atom is -0.454 e. The minimum absolute atomic E-state index is 0.235. The smallest absolute Gasteiger partial charge is 0.231 e. The number of thioether (sulfide) groups is 1. The normalized spacial score (nSPS) is 14.4. The third-order valence-electron chi connectivity index (χ3n) is 3.23. The molecule has 2 heterocycles. The third-order valence-corrected chi connectivity index (χ3v) is 3.88. The van der Waals surface area contributed by atoms with Crippen LogP contribution in [0.4, 0.5) is 0 Å². The average molecular weight is 307 g/mol. The van der Waals surface area contributed by atoms with Gasteiger partial charge >= 0.3 is 0 Å². The molecule has 1 unspecified atom stereocenters. The Bertz CT molecular complexity index is 644. The molecule has 0 fully saturated rings. The Morgan fingerprint density at radius 2 is 2.19 bits per heavy atom. The second-order valence-electron chi connectivity index (χ2n) is 4.76. The van der Waals surface area contributed by atoms with Crippen molar-refractivity contribution in [1.82, 2.24) is 14.8 Å². The van der Waals surface area contributed by atoms with Crippen molar-refractivity contribution in [2.45, 2.75) is 19.4 Å². The predicted molar refractivity (Wildman–Crippen MR) is 80.2 cm³/mol. The molecular weight excluding hydrogens is 290 g/mol. The van der Waals surface area contributed by atoms with E-state index in [1.165, 1.54) is 0 Å². The van der Waals surface area contributed by atoms with Crippen LogP contribution in [0, 0.1) is 6.92 Å². The molecule has 1 aromatic carbocycles. The van der Waals surface area contributed by atoms with Gasteiger partial charge in [0.25, 0.3) is 0 Å². The molecule has 112 valence electrons. The van der Waals surface area contributed by atoms with Gasteiger partial charge in [-0.3, -0.25) is 0 Å². The van der Waals surface area contributed by atoms with Crippen molar-refractivity contribution in [2.24, 2.45) is 0 Å². The largest absolute Gasteiger partial charge is 0.454 e. The first-order chi connectivity index (χ1) is 10.2. The lowest BCUT2D eigenvalue weighted by Gasteiger charge is -2.11. The summed E-state index contributed by atoms with van der Waals surface area (Å²) in [4.78, 5) is 4.35. The second kappa shape index (κ2) is 5.95. The number of aliphatic hydroxyl groups is 1. The number of hydrogen-bond acceptors (Lipinski definition) is 6. The van der Waals surface area contributed by atoms with Gasteiger partial charge in [0.1, 0.15) is 11.9 Å². The van der Waals surface area contributed by atoms with Crippen LogP contribution in [-0.2, 0) is 0 Å². The van der Waals surface area contributed by atoms with Crippen molar-refractivity contribution in [3.05, 3.63) is 29.8 Å². The topological polar surface area (TPSA) is 69.4 Å². The molecule has 0 bridgehead atoms. The summed E-state index contributed by atoms with van der Waals surface area (Å²) in [5.41, 5.74) is 0.804. The van der Waals surface area contributed by atoms with E-state index in [9.17, 15) is 5.11 Å². The molecule has 0 saturated heterocycles. The summed E-state index contributed by atoms with van der Waals surface area (Å²) in [6.45, 7) is 2.05. The molecule has 21 heavy (non-hydrogen) atoms. The quantitative estimate of drug-likeness (QED) is 0.912. The SMILES string of the molecule is CSCCC(O)c1nc(C)nn1-c1ccc2c(c1)OCO2. The highest BCUT2D eigenvalue weighted by atomic mass is 32.2. The van der Waals surface area contributed by atoms with Gasteiger partial charge in [0.05, 0.1) is 5.69 Å². The van der Waals surface area contributed by atoms with Gasteiger partial charge < -0.3 is 14.6 Å². The van der Waals surface area contributed by atoms with Crippen LogP contribution in [-0.4, -0.2) is 38.7 Å². The lowest BCUT2D eigenvalue weighted by atomic mass is 10.2. The molecule has 1 aromatic heterocycles. The highest BCUT2D eigenvalue weighted by Gasteiger charge is 2.20. The van der Waals surface area contributed by atoms with Crippen molar-refractivity contribution >= 4 is 11.8 Å². The van der Waals surface area contributed by atoms with Gasteiger partial charge in [0, 0.05) is 6.07 Å². The van der Waals surface area contributed by atoms with E-state index >= 15 is 0 Å². The summed E-state index contributed by atoms with van der Waals surface area (Å²) in [5, 5.41) is 14.7. The molecule has 1 atom stereocenters. The maximum atomic E-state index is 10.3. The third kappa shape index (κ3) is 2.84. The van der Waals surface area contributed by atoms with Crippen LogP contribution >= 0.6 is 11.8 Å². The van der Waals surface area contributed by atoms with Gasteiger partial charge in [-0.2, -0.15) is 16.9 Å². The first-order valence-electron chi connectivity index (χ1n) is 6.69. The van der Waals surface area contributed by atoms with E-state index in [0.717, 1.165) is 17.2 Å². The van der Waals surface area contributed by atoms with Crippen LogP contribution in [0.3, 0.4) is 0 Å². The van der Waals surface area contributed by atoms with E-state index in [0.29, 0.717) is 23.8 Å². The van der Waals surface area contributed by atoms with Gasteiger partial charge in [-0.1, -0.05) is 0 Å². The predicted octanol–water partition coefficient (Wildman–Crippen LogP) is 2.09. The number of ether oxygens (including phenoxy) is 2. The molecule has 0 spiro atoms. The van der Waals surface area contributed by atoms with Crippen LogP contribution in [0.5, 0.6) is 11.5 Å². The number of nitrogens with zero attached hydrogens (tertiary/aromatic N) is 3. The lowest BCUT2D eigenvalue weighted by Crippen LogP contribution is -2.09. The summed E-state index contributed by atoms with van der Waals surface area (Å²) in [7, 11) is 0. The number of fused-ring (bicyclic) bond motifs is 1. The number of benzene rings is 1. The second-order valence-corrected chi connectivity index (χ2v) is 5.75. The minimum atomic E-state index is -0.635. The van der Waals surface area contributed by atoms with Crippen LogP contribution in [0.2, 0.25) is 0 Å². The Kier molecular flexibility index (Phi) is 4.03. The number of rotatable bonds is 5. The molecule has 7 heteroatoms. The highest BCUT2D eigenvalue weighted by molar-refractivity contribution is 7.98. The van der Waals surface area contributed by atoms with E-state index in [1.807, 2.05) is 31.4 Å². The van der Waals surface area contributed by atoms with Crippen LogP contribution in [0.1, 0.15) is 24.2 Å². The van der Waals surface area contributed by atoms with Crippen LogP contribution in [0.25, 0.3) is 5.69 Å². The summed E-state index contributed by atoms with van der Waals surface area (Å²) >= 11 is 1.70. The zero-order valence-electron chi connectivity index (χ0n) is 11.9. The van der Waals surface area contributed by atoms with Crippen LogP contribution < -0.4 is 9.47 Å². The van der Waals surface area contributed by atoms with Crippen LogP contribution in [0.15, 0.2) is 18.2 Å². The first-order valence-corrected chi connectivity index (χ1v) is 8.09. The van der Waals surface area contributed by atoms with Crippen molar-refractivity contribution < 1.29 is 14.6 Å². The van der Waals surface area contributed by atoms with E-state index in [1.54, 1.807) is 16.4 Å². The molecule has 0 aliphatic carbocycles. The Morgan fingerprint density at radius 1 is 1.38 bits per heavy atom. The van der Waals surface area contributed by atoms with Crippen molar-refractivity contribution in [3.8, 4) is 17.2 Å². The standard InChI is InChI=1S/C14H17N3O3S/c1-9-15-14(11(18)5-6-21-2)17(16-9)10-3-4-12-13(7-10)20-8-19-12/h3-4,7,11,18H,5-6,8H2,1-2H3. The molecule has 1 aliphatic rings. The fourth-order valence-electron chi connectivity index (χ4n) is 2.21. The molecule has 0 radical (unpaired) electrons. The van der Waals surface area contributed by atoms with Crippen molar-refractivity contribution in [1.29, 1.82) is 0 Å². The zero-order chi connectivity index (χ0) is 14.8. The number of aromatic nitrogens is 3.